The predicted octanol–water partition coefficient (Wildman–Crippen LogP) is 5.41. The lowest BCUT2D eigenvalue weighted by atomic mass is 10.1. The number of nitrogens with zero attached hydrogens (tertiary/aromatic N) is 1. The first kappa shape index (κ1) is 20.5. The average molecular weight is 339 g/mol. The fraction of sp³-hybridized carbons (Fsp3) is 0.318. The van der Waals surface area contributed by atoms with Gasteiger partial charge in [-0.3, -0.25) is 0 Å². The minimum absolute atomic E-state index is 0.329. The van der Waals surface area contributed by atoms with E-state index in [-0.39, 0.29) is 5.97 Å². The number of hydrogen-bond donors (Lipinski definition) is 0. The topological polar surface area (TPSA) is 29.5 Å². The molecule has 2 aromatic rings. The molecule has 0 unspecified atom stereocenters. The number of carbonyl (C=O) groups excluding carboxylic acids is 1. The lowest BCUT2D eigenvalue weighted by Gasteiger charge is -2.28. The monoisotopic (exact) mass is 339 g/mol. The van der Waals surface area contributed by atoms with E-state index in [0.29, 0.717) is 12.2 Å². The molecular formula is C22H29NO2. The van der Waals surface area contributed by atoms with Gasteiger partial charge in [0.15, 0.2) is 0 Å². The SMILES string of the molecule is C/C=C(\C(=O)OC)N(Cc1ccccc1C)c1ccccc1C.CC. The number of ether oxygens (including phenoxy) is 1. The summed E-state index contributed by atoms with van der Waals surface area (Å²) >= 11 is 0. The van der Waals surface area contributed by atoms with Crippen LogP contribution in [0.15, 0.2) is 60.3 Å². The number of carbonyl (C=O) groups is 1. The Morgan fingerprint density at radius 1 is 1.00 bits per heavy atom. The highest BCUT2D eigenvalue weighted by atomic mass is 16.5. The Labute approximate surface area is 151 Å². The van der Waals surface area contributed by atoms with Crippen molar-refractivity contribution in [3.63, 3.8) is 0 Å². The number of anilines is 1. The van der Waals surface area contributed by atoms with Crippen molar-refractivity contribution in [2.45, 2.75) is 41.2 Å². The second kappa shape index (κ2) is 10.3. The van der Waals surface area contributed by atoms with E-state index in [9.17, 15) is 4.79 Å². The van der Waals surface area contributed by atoms with Crippen LogP contribution in [0.5, 0.6) is 0 Å². The summed E-state index contributed by atoms with van der Waals surface area (Å²) in [5.41, 5.74) is 5.05. The molecule has 0 radical (unpaired) electrons. The summed E-state index contributed by atoms with van der Waals surface area (Å²) < 4.78 is 4.96. The Morgan fingerprint density at radius 3 is 2.08 bits per heavy atom. The molecule has 0 N–H and O–H groups in total. The Bertz CT molecular complexity index is 719. The third-order valence-corrected chi connectivity index (χ3v) is 3.95. The largest absolute Gasteiger partial charge is 0.464 e. The maximum absolute atomic E-state index is 12.2. The molecule has 0 saturated heterocycles. The zero-order valence-electron chi connectivity index (χ0n) is 16.2. The van der Waals surface area contributed by atoms with Crippen LogP contribution >= 0.6 is 0 Å². The van der Waals surface area contributed by atoms with Crippen LogP contribution in [-0.2, 0) is 16.1 Å². The molecule has 0 heterocycles. The first-order chi connectivity index (χ1) is 12.1. The van der Waals surface area contributed by atoms with Gasteiger partial charge in [-0.15, -0.1) is 0 Å². The number of methoxy groups -OCH3 is 1. The number of allylic oxidation sites excluding steroid dienone is 1. The molecule has 3 nitrogen and oxygen atoms in total. The summed E-state index contributed by atoms with van der Waals surface area (Å²) in [6.07, 6.45) is 1.80. The van der Waals surface area contributed by atoms with Crippen molar-refractivity contribution < 1.29 is 9.53 Å². The van der Waals surface area contributed by atoms with Crippen LogP contribution in [0, 0.1) is 13.8 Å². The van der Waals surface area contributed by atoms with Crippen molar-refractivity contribution in [1.82, 2.24) is 0 Å². The van der Waals surface area contributed by atoms with E-state index in [1.165, 1.54) is 18.2 Å². The molecule has 0 aliphatic carbocycles. The predicted molar refractivity (Wildman–Crippen MR) is 106 cm³/mol. The standard InChI is InChI=1S/C20H23NO2.C2H6/c1-5-18(20(22)23-4)21(19-13-9-7-11-16(19)3)14-17-12-8-6-10-15(17)2;1-2/h5-13H,14H2,1-4H3;1-2H3/b18-5+;. The molecule has 2 rings (SSSR count). The van der Waals surface area contributed by atoms with Gasteiger partial charge in [0, 0.05) is 12.2 Å². The van der Waals surface area contributed by atoms with E-state index in [4.69, 9.17) is 4.74 Å². The lowest BCUT2D eigenvalue weighted by Crippen LogP contribution is -2.28. The number of rotatable bonds is 5. The number of esters is 1. The molecule has 0 spiro atoms. The van der Waals surface area contributed by atoms with E-state index in [2.05, 4.69) is 19.1 Å². The molecule has 0 aromatic heterocycles. The third kappa shape index (κ3) is 5.21. The summed E-state index contributed by atoms with van der Waals surface area (Å²) in [7, 11) is 1.41. The number of aryl methyl sites for hydroxylation is 2. The quantitative estimate of drug-likeness (QED) is 0.538. The van der Waals surface area contributed by atoms with Gasteiger partial charge in [0.1, 0.15) is 5.70 Å². The highest BCUT2D eigenvalue weighted by Crippen LogP contribution is 2.27. The fourth-order valence-electron chi connectivity index (χ4n) is 2.61. The van der Waals surface area contributed by atoms with Gasteiger partial charge in [-0.1, -0.05) is 62.4 Å². The van der Waals surface area contributed by atoms with E-state index in [1.807, 2.05) is 69.0 Å². The van der Waals surface area contributed by atoms with Crippen molar-refractivity contribution in [2.24, 2.45) is 0 Å². The number of para-hydroxylation sites is 1. The summed E-state index contributed by atoms with van der Waals surface area (Å²) in [5, 5.41) is 0. The average Bonchev–Trinajstić information content (AvgIpc) is 2.65. The summed E-state index contributed by atoms with van der Waals surface area (Å²) in [4.78, 5) is 14.2. The molecule has 0 saturated carbocycles. The second-order valence-corrected chi connectivity index (χ2v) is 5.46. The molecule has 0 aliphatic heterocycles. The normalized spacial score (nSPS) is 10.6. The van der Waals surface area contributed by atoms with Gasteiger partial charge in [-0.05, 0) is 43.5 Å². The molecule has 3 heteroatoms. The number of benzene rings is 2. The van der Waals surface area contributed by atoms with Gasteiger partial charge in [0.05, 0.1) is 7.11 Å². The molecule has 25 heavy (non-hydrogen) atoms. The van der Waals surface area contributed by atoms with Crippen molar-refractivity contribution in [1.29, 1.82) is 0 Å². The van der Waals surface area contributed by atoms with Crippen LogP contribution in [0.1, 0.15) is 37.5 Å². The van der Waals surface area contributed by atoms with Gasteiger partial charge in [0.25, 0.3) is 0 Å². The molecule has 0 fully saturated rings. The van der Waals surface area contributed by atoms with E-state index >= 15 is 0 Å². The minimum atomic E-state index is -0.329. The fourth-order valence-corrected chi connectivity index (χ4v) is 2.61. The van der Waals surface area contributed by atoms with Crippen LogP contribution in [0.25, 0.3) is 0 Å². The number of hydrogen-bond acceptors (Lipinski definition) is 3. The molecule has 2 aromatic carbocycles. The zero-order valence-corrected chi connectivity index (χ0v) is 16.2. The third-order valence-electron chi connectivity index (χ3n) is 3.95. The minimum Gasteiger partial charge on any atom is -0.464 e. The molecule has 0 bridgehead atoms. The Kier molecular flexibility index (Phi) is 8.48. The van der Waals surface area contributed by atoms with E-state index < -0.39 is 0 Å². The van der Waals surface area contributed by atoms with Crippen LogP contribution in [-0.4, -0.2) is 13.1 Å². The first-order valence-corrected chi connectivity index (χ1v) is 8.70. The molecule has 0 atom stereocenters. The highest BCUT2D eigenvalue weighted by molar-refractivity contribution is 5.92. The van der Waals surface area contributed by atoms with Gasteiger partial charge in [-0.25, -0.2) is 4.79 Å². The summed E-state index contributed by atoms with van der Waals surface area (Å²) in [5.74, 6) is -0.329. The first-order valence-electron chi connectivity index (χ1n) is 8.70. The maximum atomic E-state index is 12.2. The van der Waals surface area contributed by atoms with Gasteiger partial charge in [0.2, 0.25) is 0 Å². The zero-order chi connectivity index (χ0) is 18.8. The van der Waals surface area contributed by atoms with Gasteiger partial charge in [-0.2, -0.15) is 0 Å². The van der Waals surface area contributed by atoms with Crippen molar-refractivity contribution >= 4 is 11.7 Å². The highest BCUT2D eigenvalue weighted by Gasteiger charge is 2.21. The molecule has 134 valence electrons. The smallest absolute Gasteiger partial charge is 0.354 e. The Balaban J connectivity index is 0.00000151. The second-order valence-electron chi connectivity index (χ2n) is 5.46. The summed E-state index contributed by atoms with van der Waals surface area (Å²) in [6.45, 7) is 10.6. The van der Waals surface area contributed by atoms with Crippen molar-refractivity contribution in [3.8, 4) is 0 Å². The summed E-state index contributed by atoms with van der Waals surface area (Å²) in [6, 6.07) is 16.3. The van der Waals surface area contributed by atoms with E-state index in [1.54, 1.807) is 6.08 Å². The Hall–Kier alpha value is -2.55. The van der Waals surface area contributed by atoms with Crippen LogP contribution in [0.3, 0.4) is 0 Å². The van der Waals surface area contributed by atoms with Crippen LogP contribution < -0.4 is 4.90 Å². The maximum Gasteiger partial charge on any atom is 0.354 e. The molecule has 0 aliphatic rings. The van der Waals surface area contributed by atoms with Crippen LogP contribution in [0.2, 0.25) is 0 Å². The molecular weight excluding hydrogens is 310 g/mol. The molecule has 0 amide bonds. The van der Waals surface area contributed by atoms with Gasteiger partial charge >= 0.3 is 5.97 Å². The lowest BCUT2D eigenvalue weighted by molar-refractivity contribution is -0.136. The van der Waals surface area contributed by atoms with E-state index in [0.717, 1.165) is 11.3 Å². The van der Waals surface area contributed by atoms with Gasteiger partial charge < -0.3 is 9.64 Å². The van der Waals surface area contributed by atoms with Crippen LogP contribution in [0.4, 0.5) is 5.69 Å². The van der Waals surface area contributed by atoms with Crippen molar-refractivity contribution in [3.05, 3.63) is 77.0 Å². The van der Waals surface area contributed by atoms with Crippen molar-refractivity contribution in [2.75, 3.05) is 12.0 Å². The Morgan fingerprint density at radius 2 is 1.56 bits per heavy atom.